The molecule has 17 heavy (non-hydrogen) atoms. The maximum absolute atomic E-state index is 10.5. The maximum Gasteiger partial charge on any atom is 0.328 e. The van der Waals surface area contributed by atoms with E-state index < -0.39 is 5.97 Å². The van der Waals surface area contributed by atoms with Gasteiger partial charge in [-0.3, -0.25) is 4.98 Å². The summed E-state index contributed by atoms with van der Waals surface area (Å²) in [5.41, 5.74) is 0.506. The number of carboxylic acid groups (broad SMARTS) is 1. The lowest BCUT2D eigenvalue weighted by atomic mass is 10.1. The molecule has 0 unspecified atom stereocenters. The van der Waals surface area contributed by atoms with Gasteiger partial charge in [0.05, 0.1) is 10.7 Å². The van der Waals surface area contributed by atoms with E-state index in [1.807, 2.05) is 0 Å². The smallest absolute Gasteiger partial charge is 0.328 e. The molecule has 1 heterocycles. The summed E-state index contributed by atoms with van der Waals surface area (Å²) in [6.07, 6.45) is 4.01. The molecule has 0 atom stereocenters. The Morgan fingerprint density at radius 1 is 1.35 bits per heavy atom. The van der Waals surface area contributed by atoms with Gasteiger partial charge in [-0.05, 0) is 29.7 Å². The molecular formula is C12H7Cl2NO2. The third-order valence-corrected chi connectivity index (χ3v) is 2.71. The minimum absolute atomic E-state index is 0.450. The molecule has 5 heteroatoms. The summed E-state index contributed by atoms with van der Waals surface area (Å²) >= 11 is 12.0. The number of benzene rings is 1. The van der Waals surface area contributed by atoms with E-state index in [0.717, 1.165) is 11.5 Å². The monoisotopic (exact) mass is 267 g/mol. The molecule has 0 aliphatic carbocycles. The Kier molecular flexibility index (Phi) is 3.31. The number of hydrogen-bond acceptors (Lipinski definition) is 2. The predicted molar refractivity (Wildman–Crippen MR) is 68.4 cm³/mol. The molecule has 1 aromatic carbocycles. The van der Waals surface area contributed by atoms with Crippen LogP contribution in [-0.2, 0) is 4.79 Å². The van der Waals surface area contributed by atoms with Crippen molar-refractivity contribution in [3.63, 3.8) is 0 Å². The Balaban J connectivity index is 2.68. The van der Waals surface area contributed by atoms with E-state index in [-0.39, 0.29) is 0 Å². The van der Waals surface area contributed by atoms with Crippen LogP contribution >= 0.6 is 23.2 Å². The Morgan fingerprint density at radius 3 is 2.82 bits per heavy atom. The Bertz CT molecular complexity index is 623. The van der Waals surface area contributed by atoms with Crippen molar-refractivity contribution in [3.05, 3.63) is 46.2 Å². The molecule has 86 valence electrons. The van der Waals surface area contributed by atoms with Gasteiger partial charge in [0.25, 0.3) is 0 Å². The lowest BCUT2D eigenvalue weighted by Crippen LogP contribution is -1.89. The van der Waals surface area contributed by atoms with E-state index in [4.69, 9.17) is 28.3 Å². The molecule has 0 fully saturated rings. The molecule has 0 amide bonds. The molecule has 0 radical (unpaired) electrons. The highest BCUT2D eigenvalue weighted by atomic mass is 35.5. The number of rotatable bonds is 2. The summed E-state index contributed by atoms with van der Waals surface area (Å²) in [5, 5.41) is 11.1. The van der Waals surface area contributed by atoms with Crippen molar-refractivity contribution < 1.29 is 9.90 Å². The minimum atomic E-state index is -1.03. The summed E-state index contributed by atoms with van der Waals surface area (Å²) in [6, 6.07) is 5.12. The molecule has 2 aromatic rings. The number of pyridine rings is 1. The highest BCUT2D eigenvalue weighted by Gasteiger charge is 2.06. The number of fused-ring (bicyclic) bond motifs is 1. The van der Waals surface area contributed by atoms with Crippen molar-refractivity contribution in [2.24, 2.45) is 0 Å². The van der Waals surface area contributed by atoms with Gasteiger partial charge in [-0.1, -0.05) is 23.2 Å². The summed E-state index contributed by atoms with van der Waals surface area (Å²) < 4.78 is 0. The third kappa shape index (κ3) is 2.57. The van der Waals surface area contributed by atoms with Crippen LogP contribution in [0.15, 0.2) is 30.5 Å². The van der Waals surface area contributed by atoms with Crippen molar-refractivity contribution in [2.45, 2.75) is 0 Å². The molecule has 0 aliphatic rings. The molecule has 0 aliphatic heterocycles. The molecule has 3 nitrogen and oxygen atoms in total. The molecule has 0 saturated heterocycles. The van der Waals surface area contributed by atoms with Crippen LogP contribution in [0.4, 0.5) is 0 Å². The summed E-state index contributed by atoms with van der Waals surface area (Å²) in [6.45, 7) is 0. The van der Waals surface area contributed by atoms with Gasteiger partial charge in [-0.15, -0.1) is 0 Å². The van der Waals surface area contributed by atoms with Gasteiger partial charge < -0.3 is 5.11 Å². The second kappa shape index (κ2) is 4.73. The lowest BCUT2D eigenvalue weighted by Gasteiger charge is -2.04. The molecule has 0 spiro atoms. The molecule has 2 rings (SSSR count). The molecule has 1 N–H and O–H groups in total. The highest BCUT2D eigenvalue weighted by Crippen LogP contribution is 2.30. The van der Waals surface area contributed by atoms with Gasteiger partial charge in [0.15, 0.2) is 0 Å². The van der Waals surface area contributed by atoms with E-state index in [0.29, 0.717) is 21.1 Å². The largest absolute Gasteiger partial charge is 0.478 e. The normalized spacial score (nSPS) is 11.2. The predicted octanol–water partition coefficient (Wildman–Crippen LogP) is 3.64. The number of nitrogens with zero attached hydrogens (tertiary/aromatic N) is 1. The molecule has 0 bridgehead atoms. The first kappa shape index (κ1) is 11.9. The number of aliphatic carboxylic acids is 1. The van der Waals surface area contributed by atoms with E-state index >= 15 is 0 Å². The van der Waals surface area contributed by atoms with E-state index in [1.54, 1.807) is 24.4 Å². The fourth-order valence-corrected chi connectivity index (χ4v) is 2.14. The topological polar surface area (TPSA) is 50.2 Å². The van der Waals surface area contributed by atoms with Gasteiger partial charge in [0, 0.05) is 22.7 Å². The van der Waals surface area contributed by atoms with Gasteiger partial charge >= 0.3 is 5.97 Å². The van der Waals surface area contributed by atoms with E-state index in [2.05, 4.69) is 4.98 Å². The zero-order valence-corrected chi connectivity index (χ0v) is 10.0. The second-order valence-electron chi connectivity index (χ2n) is 3.35. The third-order valence-electron chi connectivity index (χ3n) is 2.19. The van der Waals surface area contributed by atoms with Crippen LogP contribution in [0.5, 0.6) is 0 Å². The van der Waals surface area contributed by atoms with Crippen molar-refractivity contribution >= 4 is 46.0 Å². The first-order valence-corrected chi connectivity index (χ1v) is 5.48. The van der Waals surface area contributed by atoms with Crippen LogP contribution < -0.4 is 0 Å². The van der Waals surface area contributed by atoms with Crippen molar-refractivity contribution in [1.29, 1.82) is 0 Å². The zero-order chi connectivity index (χ0) is 12.4. The Morgan fingerprint density at radius 2 is 2.12 bits per heavy atom. The number of hydrogen-bond donors (Lipinski definition) is 1. The summed E-state index contributed by atoms with van der Waals surface area (Å²) in [4.78, 5) is 14.6. The Labute approximate surface area is 107 Å². The fourth-order valence-electron chi connectivity index (χ4n) is 1.53. The quantitative estimate of drug-likeness (QED) is 0.846. The number of carbonyl (C=O) groups is 1. The van der Waals surface area contributed by atoms with Gasteiger partial charge in [0.2, 0.25) is 0 Å². The van der Waals surface area contributed by atoms with Crippen LogP contribution in [0.2, 0.25) is 10.0 Å². The van der Waals surface area contributed by atoms with Crippen LogP contribution in [0.1, 0.15) is 5.69 Å². The first-order chi connectivity index (χ1) is 8.08. The molecule has 1 aromatic heterocycles. The van der Waals surface area contributed by atoms with Gasteiger partial charge in [-0.2, -0.15) is 0 Å². The number of aromatic nitrogens is 1. The summed E-state index contributed by atoms with van der Waals surface area (Å²) in [5.74, 6) is -1.03. The molecular weight excluding hydrogens is 261 g/mol. The average molecular weight is 268 g/mol. The van der Waals surface area contributed by atoms with Crippen molar-refractivity contribution in [2.75, 3.05) is 0 Å². The van der Waals surface area contributed by atoms with Crippen LogP contribution in [0.25, 0.3) is 16.8 Å². The summed E-state index contributed by atoms with van der Waals surface area (Å²) in [7, 11) is 0. The van der Waals surface area contributed by atoms with Crippen molar-refractivity contribution in [1.82, 2.24) is 4.98 Å². The minimum Gasteiger partial charge on any atom is -0.478 e. The van der Waals surface area contributed by atoms with Crippen LogP contribution in [-0.4, -0.2) is 16.1 Å². The van der Waals surface area contributed by atoms with E-state index in [1.165, 1.54) is 6.08 Å². The molecule has 0 saturated carbocycles. The SMILES string of the molecule is O=C(O)/C=C/c1nccc2cc(Cl)cc(Cl)c12. The maximum atomic E-state index is 10.5. The first-order valence-electron chi connectivity index (χ1n) is 4.72. The lowest BCUT2D eigenvalue weighted by molar-refractivity contribution is -0.131. The fraction of sp³-hybridized carbons (Fsp3) is 0. The highest BCUT2D eigenvalue weighted by molar-refractivity contribution is 6.39. The number of carboxylic acids is 1. The van der Waals surface area contributed by atoms with E-state index in [9.17, 15) is 4.79 Å². The van der Waals surface area contributed by atoms with Gasteiger partial charge in [0.1, 0.15) is 0 Å². The second-order valence-corrected chi connectivity index (χ2v) is 4.20. The van der Waals surface area contributed by atoms with Crippen LogP contribution in [0, 0.1) is 0 Å². The zero-order valence-electron chi connectivity index (χ0n) is 8.52. The van der Waals surface area contributed by atoms with Crippen LogP contribution in [0.3, 0.4) is 0 Å². The Hall–Kier alpha value is -1.58. The van der Waals surface area contributed by atoms with Gasteiger partial charge in [-0.25, -0.2) is 4.79 Å². The standard InChI is InChI=1S/C12H7Cl2NO2/c13-8-5-7-3-4-15-10(1-2-11(16)17)12(7)9(14)6-8/h1-6H,(H,16,17)/b2-1+. The average Bonchev–Trinajstić information content (AvgIpc) is 2.25. The number of halogens is 2. The van der Waals surface area contributed by atoms with Crippen molar-refractivity contribution in [3.8, 4) is 0 Å².